The Kier molecular flexibility index (Phi) is 3.40. The second-order valence-corrected chi connectivity index (χ2v) is 4.71. The predicted octanol–water partition coefficient (Wildman–Crippen LogP) is 2.79. The molecule has 0 unspecified atom stereocenters. The summed E-state index contributed by atoms with van der Waals surface area (Å²) in [5.41, 5.74) is 2.07. The van der Waals surface area contributed by atoms with Crippen LogP contribution in [0.4, 0.5) is 5.69 Å². The van der Waals surface area contributed by atoms with Crippen molar-refractivity contribution in [1.29, 1.82) is 0 Å². The van der Waals surface area contributed by atoms with Crippen LogP contribution in [0.5, 0.6) is 0 Å². The molecule has 6 heteroatoms. The standard InChI is InChI=1S/C14H16N2O4/c1-6-5-10(12(15-6)14(18)19)16-13(17)11-7(2)8(3)20-9(11)4/h5,15H,1-4H3,(H,16,17)(H,18,19). The number of H-pyrrole nitrogens is 1. The van der Waals surface area contributed by atoms with E-state index in [9.17, 15) is 9.59 Å². The fourth-order valence-electron chi connectivity index (χ4n) is 2.17. The summed E-state index contributed by atoms with van der Waals surface area (Å²) in [4.78, 5) is 26.1. The minimum absolute atomic E-state index is 0.0358. The van der Waals surface area contributed by atoms with Crippen molar-refractivity contribution in [1.82, 2.24) is 4.98 Å². The van der Waals surface area contributed by atoms with Crippen LogP contribution < -0.4 is 5.32 Å². The lowest BCUT2D eigenvalue weighted by atomic mass is 10.1. The van der Waals surface area contributed by atoms with E-state index in [1.165, 1.54) is 0 Å². The van der Waals surface area contributed by atoms with E-state index in [0.717, 1.165) is 5.56 Å². The summed E-state index contributed by atoms with van der Waals surface area (Å²) in [5.74, 6) is -0.304. The van der Waals surface area contributed by atoms with Crippen molar-refractivity contribution in [2.75, 3.05) is 5.32 Å². The fourth-order valence-corrected chi connectivity index (χ4v) is 2.17. The number of rotatable bonds is 3. The molecule has 0 aliphatic heterocycles. The highest BCUT2D eigenvalue weighted by molar-refractivity contribution is 6.08. The number of aryl methyl sites for hydroxylation is 3. The van der Waals surface area contributed by atoms with Gasteiger partial charge in [0.25, 0.3) is 5.91 Å². The molecule has 20 heavy (non-hydrogen) atoms. The smallest absolute Gasteiger partial charge is 0.354 e. The van der Waals surface area contributed by atoms with Crippen molar-refractivity contribution < 1.29 is 19.1 Å². The topological polar surface area (TPSA) is 95.3 Å². The number of amides is 1. The number of aromatic carboxylic acids is 1. The quantitative estimate of drug-likeness (QED) is 0.803. The zero-order valence-corrected chi connectivity index (χ0v) is 11.7. The number of hydrogen-bond acceptors (Lipinski definition) is 3. The first-order valence-electron chi connectivity index (χ1n) is 6.12. The first-order valence-corrected chi connectivity index (χ1v) is 6.12. The van der Waals surface area contributed by atoms with Gasteiger partial charge in [0.05, 0.1) is 11.3 Å². The Morgan fingerprint density at radius 2 is 1.85 bits per heavy atom. The van der Waals surface area contributed by atoms with Gasteiger partial charge in [-0.2, -0.15) is 0 Å². The van der Waals surface area contributed by atoms with E-state index in [1.54, 1.807) is 33.8 Å². The van der Waals surface area contributed by atoms with Gasteiger partial charge in [-0.3, -0.25) is 4.79 Å². The maximum absolute atomic E-state index is 12.3. The molecule has 0 radical (unpaired) electrons. The number of carboxylic acid groups (broad SMARTS) is 1. The maximum atomic E-state index is 12.3. The molecule has 2 aromatic heterocycles. The lowest BCUT2D eigenvalue weighted by Gasteiger charge is -2.04. The molecule has 2 aromatic rings. The van der Waals surface area contributed by atoms with E-state index in [2.05, 4.69) is 10.3 Å². The van der Waals surface area contributed by atoms with E-state index < -0.39 is 5.97 Å². The minimum atomic E-state index is -1.12. The van der Waals surface area contributed by atoms with E-state index in [4.69, 9.17) is 9.52 Å². The van der Waals surface area contributed by atoms with Gasteiger partial charge in [-0.15, -0.1) is 0 Å². The zero-order valence-electron chi connectivity index (χ0n) is 11.7. The molecule has 0 aromatic carbocycles. The molecule has 0 aliphatic rings. The van der Waals surface area contributed by atoms with Crippen LogP contribution in [0.15, 0.2) is 10.5 Å². The SMILES string of the molecule is Cc1cc(NC(=O)c2c(C)oc(C)c2C)c(C(=O)O)[nH]1. The van der Waals surface area contributed by atoms with Crippen LogP contribution in [0.25, 0.3) is 0 Å². The van der Waals surface area contributed by atoms with Crippen LogP contribution in [-0.2, 0) is 0 Å². The summed E-state index contributed by atoms with van der Waals surface area (Å²) in [6, 6.07) is 1.58. The Morgan fingerprint density at radius 1 is 1.20 bits per heavy atom. The Labute approximate surface area is 115 Å². The van der Waals surface area contributed by atoms with Crippen LogP contribution in [0.2, 0.25) is 0 Å². The number of anilines is 1. The Balaban J connectivity index is 2.35. The van der Waals surface area contributed by atoms with Gasteiger partial charge in [0.1, 0.15) is 17.2 Å². The Bertz CT molecular complexity index is 694. The largest absolute Gasteiger partial charge is 0.477 e. The summed E-state index contributed by atoms with van der Waals surface area (Å²) in [6.07, 6.45) is 0. The third kappa shape index (κ3) is 2.32. The van der Waals surface area contributed by atoms with Crippen LogP contribution >= 0.6 is 0 Å². The van der Waals surface area contributed by atoms with Gasteiger partial charge in [0, 0.05) is 11.3 Å². The zero-order chi connectivity index (χ0) is 15.0. The van der Waals surface area contributed by atoms with E-state index >= 15 is 0 Å². The second kappa shape index (κ2) is 4.88. The molecular weight excluding hydrogens is 260 g/mol. The number of aromatic nitrogens is 1. The number of nitrogens with one attached hydrogen (secondary N) is 2. The Morgan fingerprint density at radius 3 is 2.35 bits per heavy atom. The highest BCUT2D eigenvalue weighted by Crippen LogP contribution is 2.23. The highest BCUT2D eigenvalue weighted by atomic mass is 16.4. The monoisotopic (exact) mass is 276 g/mol. The van der Waals surface area contributed by atoms with Gasteiger partial charge in [-0.25, -0.2) is 4.79 Å². The van der Waals surface area contributed by atoms with Crippen molar-refractivity contribution in [3.63, 3.8) is 0 Å². The van der Waals surface area contributed by atoms with Gasteiger partial charge in [0.15, 0.2) is 0 Å². The molecule has 0 fully saturated rings. The number of hydrogen-bond donors (Lipinski definition) is 3. The third-order valence-electron chi connectivity index (χ3n) is 3.20. The van der Waals surface area contributed by atoms with Crippen LogP contribution in [0.3, 0.4) is 0 Å². The van der Waals surface area contributed by atoms with Gasteiger partial charge < -0.3 is 19.8 Å². The molecule has 2 heterocycles. The molecule has 0 saturated carbocycles. The molecule has 0 saturated heterocycles. The maximum Gasteiger partial charge on any atom is 0.354 e. The average molecular weight is 276 g/mol. The van der Waals surface area contributed by atoms with Crippen molar-refractivity contribution in [3.05, 3.63) is 40.1 Å². The lowest BCUT2D eigenvalue weighted by molar-refractivity contribution is 0.0692. The van der Waals surface area contributed by atoms with Crippen molar-refractivity contribution in [3.8, 4) is 0 Å². The second-order valence-electron chi connectivity index (χ2n) is 4.71. The summed E-state index contributed by atoms with van der Waals surface area (Å²) < 4.78 is 5.40. The molecular formula is C14H16N2O4. The van der Waals surface area contributed by atoms with Crippen molar-refractivity contribution >= 4 is 17.6 Å². The molecule has 2 rings (SSSR count). The normalized spacial score (nSPS) is 10.6. The third-order valence-corrected chi connectivity index (χ3v) is 3.20. The summed E-state index contributed by atoms with van der Waals surface area (Å²) >= 11 is 0. The molecule has 106 valence electrons. The molecule has 0 atom stereocenters. The van der Waals surface area contributed by atoms with Crippen LogP contribution in [0.1, 0.15) is 43.6 Å². The lowest BCUT2D eigenvalue weighted by Crippen LogP contribution is -2.15. The van der Waals surface area contributed by atoms with Gasteiger partial charge in [-0.1, -0.05) is 0 Å². The highest BCUT2D eigenvalue weighted by Gasteiger charge is 2.21. The van der Waals surface area contributed by atoms with Gasteiger partial charge >= 0.3 is 5.97 Å². The minimum Gasteiger partial charge on any atom is -0.477 e. The number of carbonyl (C=O) groups is 2. The summed E-state index contributed by atoms with van der Waals surface area (Å²) in [6.45, 7) is 7.00. The molecule has 6 nitrogen and oxygen atoms in total. The van der Waals surface area contributed by atoms with E-state index in [-0.39, 0.29) is 17.3 Å². The molecule has 0 bridgehead atoms. The van der Waals surface area contributed by atoms with Crippen LogP contribution in [0, 0.1) is 27.7 Å². The summed E-state index contributed by atoms with van der Waals surface area (Å²) in [7, 11) is 0. The molecule has 0 aliphatic carbocycles. The number of carbonyl (C=O) groups excluding carboxylic acids is 1. The van der Waals surface area contributed by atoms with Crippen molar-refractivity contribution in [2.24, 2.45) is 0 Å². The molecule has 0 spiro atoms. The van der Waals surface area contributed by atoms with Crippen molar-refractivity contribution in [2.45, 2.75) is 27.7 Å². The fraction of sp³-hybridized carbons (Fsp3) is 0.286. The molecule has 1 amide bonds. The first kappa shape index (κ1) is 13.9. The number of carboxylic acids is 1. The van der Waals surface area contributed by atoms with Gasteiger partial charge in [-0.05, 0) is 33.8 Å². The number of furan rings is 1. The average Bonchev–Trinajstić information content (AvgIpc) is 2.80. The van der Waals surface area contributed by atoms with Crippen LogP contribution in [-0.4, -0.2) is 22.0 Å². The summed E-state index contributed by atoms with van der Waals surface area (Å²) in [5, 5.41) is 11.7. The van der Waals surface area contributed by atoms with Gasteiger partial charge in [0.2, 0.25) is 0 Å². The Hall–Kier alpha value is -2.50. The van der Waals surface area contributed by atoms with E-state index in [0.29, 0.717) is 22.8 Å². The first-order chi connectivity index (χ1) is 9.31. The van der Waals surface area contributed by atoms with E-state index in [1.807, 2.05) is 0 Å². The number of aromatic amines is 1. The predicted molar refractivity (Wildman–Crippen MR) is 73.4 cm³/mol. The molecule has 3 N–H and O–H groups in total.